The molecule has 0 radical (unpaired) electrons. The Morgan fingerprint density at radius 2 is 1.32 bits per heavy atom. The van der Waals surface area contributed by atoms with Gasteiger partial charge < -0.3 is 4.74 Å². The van der Waals surface area contributed by atoms with E-state index in [-0.39, 0.29) is 12.4 Å². The molecule has 0 aliphatic rings. The van der Waals surface area contributed by atoms with Crippen LogP contribution in [0.5, 0.6) is 0 Å². The largest absolute Gasteiger partial charge is 0.466 e. The lowest BCUT2D eigenvalue weighted by molar-refractivity contribution is -0.143. The molecule has 0 unspecified atom stereocenters. The SMILES string of the molecule is CCOC(=O)CCc1ncn(C(c2ccccc2)(c2ccccc2)c2ccccc2)n1. The van der Waals surface area contributed by atoms with Crippen molar-refractivity contribution in [1.29, 1.82) is 0 Å². The van der Waals surface area contributed by atoms with Crippen molar-refractivity contribution in [2.75, 3.05) is 6.61 Å². The number of carbonyl (C=O) groups is 1. The van der Waals surface area contributed by atoms with E-state index in [2.05, 4.69) is 41.4 Å². The molecule has 1 heterocycles. The lowest BCUT2D eigenvalue weighted by Gasteiger charge is -2.35. The number of aromatic nitrogens is 3. The quantitative estimate of drug-likeness (QED) is 0.314. The molecule has 0 bridgehead atoms. The molecule has 0 fully saturated rings. The zero-order valence-electron chi connectivity index (χ0n) is 17.5. The summed E-state index contributed by atoms with van der Waals surface area (Å²) in [7, 11) is 0. The number of hydrogen-bond donors (Lipinski definition) is 0. The zero-order valence-corrected chi connectivity index (χ0v) is 17.5. The Kier molecular flexibility index (Phi) is 6.22. The van der Waals surface area contributed by atoms with Crippen molar-refractivity contribution < 1.29 is 9.53 Å². The van der Waals surface area contributed by atoms with Crippen molar-refractivity contribution in [3.8, 4) is 0 Å². The maximum Gasteiger partial charge on any atom is 0.306 e. The molecule has 0 saturated carbocycles. The molecule has 3 aromatic carbocycles. The van der Waals surface area contributed by atoms with Gasteiger partial charge in [0.25, 0.3) is 0 Å². The summed E-state index contributed by atoms with van der Waals surface area (Å²) in [6.07, 6.45) is 2.45. The molecule has 0 amide bonds. The average molecular weight is 412 g/mol. The van der Waals surface area contributed by atoms with Crippen LogP contribution in [0.4, 0.5) is 0 Å². The number of benzene rings is 3. The van der Waals surface area contributed by atoms with E-state index in [9.17, 15) is 4.79 Å². The van der Waals surface area contributed by atoms with Crippen molar-refractivity contribution >= 4 is 5.97 Å². The van der Waals surface area contributed by atoms with Gasteiger partial charge in [0, 0.05) is 6.42 Å². The first-order chi connectivity index (χ1) is 15.2. The summed E-state index contributed by atoms with van der Waals surface area (Å²) in [5, 5.41) is 4.84. The normalized spacial score (nSPS) is 11.3. The highest BCUT2D eigenvalue weighted by atomic mass is 16.5. The van der Waals surface area contributed by atoms with Gasteiger partial charge >= 0.3 is 5.97 Å². The van der Waals surface area contributed by atoms with E-state index in [0.717, 1.165) is 16.7 Å². The third kappa shape index (κ3) is 4.12. The highest BCUT2D eigenvalue weighted by Gasteiger charge is 2.39. The smallest absolute Gasteiger partial charge is 0.306 e. The van der Waals surface area contributed by atoms with Gasteiger partial charge in [-0.2, -0.15) is 5.10 Å². The van der Waals surface area contributed by atoms with Gasteiger partial charge in [0.15, 0.2) is 5.82 Å². The summed E-state index contributed by atoms with van der Waals surface area (Å²) in [6.45, 7) is 2.18. The first kappa shape index (κ1) is 20.5. The second-order valence-corrected chi connectivity index (χ2v) is 7.22. The second kappa shape index (κ2) is 9.39. The maximum atomic E-state index is 11.8. The molecule has 5 heteroatoms. The van der Waals surface area contributed by atoms with Crippen LogP contribution in [-0.4, -0.2) is 27.3 Å². The minimum Gasteiger partial charge on any atom is -0.466 e. The molecule has 31 heavy (non-hydrogen) atoms. The predicted octanol–water partition coefficient (Wildman–Crippen LogP) is 4.61. The average Bonchev–Trinajstić information content (AvgIpc) is 3.30. The Morgan fingerprint density at radius 1 is 0.839 bits per heavy atom. The van der Waals surface area contributed by atoms with Crippen LogP contribution in [0.25, 0.3) is 0 Å². The van der Waals surface area contributed by atoms with Crippen LogP contribution in [0.15, 0.2) is 97.3 Å². The molecule has 4 aromatic rings. The van der Waals surface area contributed by atoms with E-state index in [4.69, 9.17) is 9.84 Å². The van der Waals surface area contributed by atoms with E-state index in [1.807, 2.05) is 59.3 Å². The topological polar surface area (TPSA) is 57.0 Å². The fourth-order valence-corrected chi connectivity index (χ4v) is 3.96. The van der Waals surface area contributed by atoms with Crippen LogP contribution in [0.2, 0.25) is 0 Å². The van der Waals surface area contributed by atoms with Crippen molar-refractivity contribution in [2.24, 2.45) is 0 Å². The molecule has 0 atom stereocenters. The van der Waals surface area contributed by atoms with E-state index < -0.39 is 5.54 Å². The highest BCUT2D eigenvalue weighted by molar-refractivity contribution is 5.69. The number of nitrogens with zero attached hydrogens (tertiary/aromatic N) is 3. The Labute approximate surface area is 182 Å². The highest BCUT2D eigenvalue weighted by Crippen LogP contribution is 2.40. The summed E-state index contributed by atoms with van der Waals surface area (Å²) in [5.74, 6) is 0.375. The minimum absolute atomic E-state index is 0.237. The maximum absolute atomic E-state index is 11.8. The molecule has 0 spiro atoms. The number of ether oxygens (including phenoxy) is 1. The number of esters is 1. The van der Waals surface area contributed by atoms with Crippen LogP contribution >= 0.6 is 0 Å². The third-order valence-corrected chi connectivity index (χ3v) is 5.32. The van der Waals surface area contributed by atoms with Crippen molar-refractivity contribution in [3.63, 3.8) is 0 Å². The molecule has 0 N–H and O–H groups in total. The van der Waals surface area contributed by atoms with Gasteiger partial charge in [0.1, 0.15) is 11.9 Å². The summed E-state index contributed by atoms with van der Waals surface area (Å²) in [4.78, 5) is 16.3. The van der Waals surface area contributed by atoms with Gasteiger partial charge in [-0.15, -0.1) is 0 Å². The van der Waals surface area contributed by atoms with Crippen LogP contribution in [-0.2, 0) is 21.5 Å². The van der Waals surface area contributed by atoms with Crippen LogP contribution in [0.1, 0.15) is 35.9 Å². The molecule has 4 rings (SSSR count). The van der Waals surface area contributed by atoms with Crippen molar-refractivity contribution in [2.45, 2.75) is 25.3 Å². The van der Waals surface area contributed by atoms with Gasteiger partial charge in [-0.25, -0.2) is 9.67 Å². The van der Waals surface area contributed by atoms with Crippen molar-refractivity contribution in [1.82, 2.24) is 14.8 Å². The fourth-order valence-electron chi connectivity index (χ4n) is 3.96. The van der Waals surface area contributed by atoms with Gasteiger partial charge in [-0.05, 0) is 23.6 Å². The minimum atomic E-state index is -0.695. The first-order valence-electron chi connectivity index (χ1n) is 10.5. The Hall–Kier alpha value is -3.73. The van der Waals surface area contributed by atoms with Crippen LogP contribution in [0.3, 0.4) is 0 Å². The lowest BCUT2D eigenvalue weighted by Crippen LogP contribution is -2.38. The number of hydrogen-bond acceptors (Lipinski definition) is 4. The molecule has 0 saturated heterocycles. The monoisotopic (exact) mass is 411 g/mol. The number of carbonyl (C=O) groups excluding carboxylic acids is 1. The Balaban J connectivity index is 1.87. The molecule has 0 aliphatic carbocycles. The van der Waals surface area contributed by atoms with Gasteiger partial charge in [0.2, 0.25) is 0 Å². The van der Waals surface area contributed by atoms with E-state index in [1.165, 1.54) is 0 Å². The predicted molar refractivity (Wildman–Crippen MR) is 120 cm³/mol. The third-order valence-electron chi connectivity index (χ3n) is 5.32. The molecule has 1 aromatic heterocycles. The van der Waals surface area contributed by atoms with E-state index >= 15 is 0 Å². The summed E-state index contributed by atoms with van der Waals surface area (Å²) < 4.78 is 6.95. The van der Waals surface area contributed by atoms with Gasteiger partial charge in [0.05, 0.1) is 13.0 Å². The Bertz CT molecular complexity index is 1010. The molecule has 5 nitrogen and oxygen atoms in total. The standard InChI is InChI=1S/C26H25N3O2/c1-2-31-25(30)19-18-24-27-20-29(28-24)26(21-12-6-3-7-13-21,22-14-8-4-9-15-22)23-16-10-5-11-17-23/h3-17,20H,2,18-19H2,1H3. The van der Waals surface area contributed by atoms with Gasteiger partial charge in [-0.1, -0.05) is 91.0 Å². The first-order valence-corrected chi connectivity index (χ1v) is 10.5. The molecular formula is C26H25N3O2. The Morgan fingerprint density at radius 3 is 1.77 bits per heavy atom. The van der Waals surface area contributed by atoms with Crippen molar-refractivity contribution in [3.05, 3.63) is 120 Å². The fraction of sp³-hybridized carbons (Fsp3) is 0.192. The number of rotatable bonds is 8. The van der Waals surface area contributed by atoms with Crippen LogP contribution in [0, 0.1) is 0 Å². The lowest BCUT2D eigenvalue weighted by atomic mass is 9.77. The molecule has 156 valence electrons. The van der Waals surface area contributed by atoms with Crippen LogP contribution < -0.4 is 0 Å². The second-order valence-electron chi connectivity index (χ2n) is 7.22. The van der Waals surface area contributed by atoms with E-state index in [1.54, 1.807) is 13.3 Å². The summed E-state index contributed by atoms with van der Waals surface area (Å²) in [5.41, 5.74) is 2.54. The zero-order chi connectivity index (χ0) is 21.5. The number of aryl methyl sites for hydroxylation is 1. The van der Waals surface area contributed by atoms with E-state index in [0.29, 0.717) is 18.9 Å². The van der Waals surface area contributed by atoms with Gasteiger partial charge in [-0.3, -0.25) is 4.79 Å². The summed E-state index contributed by atoms with van der Waals surface area (Å²) in [6, 6.07) is 30.9. The molecular weight excluding hydrogens is 386 g/mol. The molecule has 0 aliphatic heterocycles. The summed E-state index contributed by atoms with van der Waals surface area (Å²) >= 11 is 0.